The van der Waals surface area contributed by atoms with Gasteiger partial charge in [-0.25, -0.2) is 8.78 Å². The first kappa shape index (κ1) is 25.6. The number of hydrogen-bond acceptors (Lipinski definition) is 0. The Morgan fingerprint density at radius 3 is 1.51 bits per heavy atom. The van der Waals surface area contributed by atoms with Gasteiger partial charge in [0.2, 0.25) is 8.07 Å². The van der Waals surface area contributed by atoms with Crippen molar-refractivity contribution < 1.29 is 39.5 Å². The van der Waals surface area contributed by atoms with Crippen LogP contribution < -0.4 is 0 Å². The van der Waals surface area contributed by atoms with E-state index in [4.69, 9.17) is 0 Å². The largest absolute Gasteiger partial charge is 0.389 e. The van der Waals surface area contributed by atoms with Crippen LogP contribution in [0.5, 0.6) is 0 Å². The van der Waals surface area contributed by atoms with Gasteiger partial charge in [0.25, 0.3) is 0 Å². The maximum Gasteiger partial charge on any atom is 0.389 e. The molecule has 0 aromatic heterocycles. The Hall–Kier alpha value is -2.49. The van der Waals surface area contributed by atoms with Gasteiger partial charge in [0.15, 0.2) is 0 Å². The van der Waals surface area contributed by atoms with Gasteiger partial charge in [0.1, 0.15) is 0 Å². The summed E-state index contributed by atoms with van der Waals surface area (Å²) in [6.45, 7) is 0.906. The molecule has 0 saturated carbocycles. The van der Waals surface area contributed by atoms with Crippen LogP contribution in [0.3, 0.4) is 0 Å². The second kappa shape index (κ2) is 8.28. The highest BCUT2D eigenvalue weighted by atomic mass is 28.3. The van der Waals surface area contributed by atoms with E-state index in [-0.39, 0.29) is 10.4 Å². The molecular weight excluding hydrogens is 499 g/mol. The Kier molecular flexibility index (Phi) is 6.06. The molecule has 10 heteroatoms. The van der Waals surface area contributed by atoms with Crippen molar-refractivity contribution in [2.45, 2.75) is 43.0 Å². The summed E-state index contributed by atoms with van der Waals surface area (Å²) in [7, 11) is -5.08. The molecule has 0 aromatic carbocycles. The zero-order chi connectivity index (χ0) is 25.9. The molecule has 188 valence electrons. The lowest BCUT2D eigenvalue weighted by molar-refractivity contribution is -0.291. The molecule has 0 spiro atoms. The average Bonchev–Trinajstić information content (AvgIpc) is 3.41. The summed E-state index contributed by atoms with van der Waals surface area (Å²) >= 11 is 0. The molecule has 2 atom stereocenters. The topological polar surface area (TPSA) is 0 Å². The zero-order valence-electron chi connectivity index (χ0n) is 18.4. The van der Waals surface area contributed by atoms with Crippen LogP contribution in [0.25, 0.3) is 0 Å². The predicted molar refractivity (Wildman–Crippen MR) is 118 cm³/mol. The molecule has 2 unspecified atom stereocenters. The van der Waals surface area contributed by atoms with E-state index in [0.29, 0.717) is 11.1 Å². The van der Waals surface area contributed by atoms with Crippen molar-refractivity contribution in [2.24, 2.45) is 11.8 Å². The van der Waals surface area contributed by atoms with Crippen LogP contribution in [0.2, 0.25) is 6.55 Å². The van der Waals surface area contributed by atoms with E-state index < -0.39 is 56.3 Å². The van der Waals surface area contributed by atoms with Crippen LogP contribution >= 0.6 is 0 Å². The van der Waals surface area contributed by atoms with Gasteiger partial charge in [-0.15, -0.1) is 0 Å². The molecule has 0 aromatic rings. The summed E-state index contributed by atoms with van der Waals surface area (Å²) in [5, 5.41) is -0.287. The number of alkyl halides is 9. The number of hydrogen-bond donors (Lipinski definition) is 0. The molecular formula is C25H21F9Si. The smallest absolute Gasteiger partial charge is 0.204 e. The van der Waals surface area contributed by atoms with Crippen LogP contribution in [0, 0.1) is 11.8 Å². The molecule has 4 aliphatic rings. The minimum absolute atomic E-state index is 0.143. The van der Waals surface area contributed by atoms with Gasteiger partial charge in [-0.1, -0.05) is 79.5 Å². The van der Waals surface area contributed by atoms with E-state index in [9.17, 15) is 22.0 Å². The number of allylic oxidation sites excluding steroid dienone is 16. The first-order valence-electron chi connectivity index (χ1n) is 10.9. The molecule has 0 aliphatic heterocycles. The highest BCUT2D eigenvalue weighted by molar-refractivity contribution is 6.95. The van der Waals surface area contributed by atoms with Gasteiger partial charge < -0.3 is 0 Å². The Bertz CT molecular complexity index is 1080. The van der Waals surface area contributed by atoms with E-state index in [1.165, 1.54) is 48.6 Å². The van der Waals surface area contributed by atoms with Gasteiger partial charge >= 0.3 is 23.6 Å². The standard InChI is InChI=1S/C25H21F9Si/c1-35(20-12-10-16-6-2-4-8-18(16)20,21-13-11-17-7-3-5-9-19(17)21)25(33,34)24(31,32)22(26,27)14-15-23(28,29)30/h2-13,16-17H,14-15H2,1H3. The van der Waals surface area contributed by atoms with E-state index in [0.717, 1.165) is 6.55 Å². The van der Waals surface area contributed by atoms with Crippen LogP contribution in [0.4, 0.5) is 39.5 Å². The third-order valence-electron chi connectivity index (χ3n) is 6.97. The fraction of sp³-hybridized carbons (Fsp3) is 0.360. The van der Waals surface area contributed by atoms with Gasteiger partial charge in [-0.3, -0.25) is 0 Å². The van der Waals surface area contributed by atoms with Crippen molar-refractivity contribution in [2.75, 3.05) is 0 Å². The molecule has 35 heavy (non-hydrogen) atoms. The maximum atomic E-state index is 16.1. The van der Waals surface area contributed by atoms with E-state index in [1.54, 1.807) is 24.3 Å². The minimum atomic E-state index is -6.03. The third-order valence-corrected chi connectivity index (χ3v) is 11.6. The van der Waals surface area contributed by atoms with Crippen molar-refractivity contribution in [3.63, 3.8) is 0 Å². The monoisotopic (exact) mass is 520 g/mol. The molecule has 0 fully saturated rings. The van der Waals surface area contributed by atoms with Crippen LogP contribution in [-0.4, -0.2) is 31.6 Å². The van der Waals surface area contributed by atoms with Crippen molar-refractivity contribution in [3.05, 3.63) is 94.5 Å². The van der Waals surface area contributed by atoms with Crippen LogP contribution in [0.15, 0.2) is 94.5 Å². The molecule has 0 saturated heterocycles. The second-order valence-corrected chi connectivity index (χ2v) is 13.0. The first-order valence-corrected chi connectivity index (χ1v) is 13.4. The Balaban J connectivity index is 1.91. The maximum absolute atomic E-state index is 16.1. The van der Waals surface area contributed by atoms with Gasteiger partial charge in [0, 0.05) is 24.7 Å². The lowest BCUT2D eigenvalue weighted by Crippen LogP contribution is -2.68. The molecule has 4 aliphatic carbocycles. The Labute approximate surface area is 197 Å². The average molecular weight is 521 g/mol. The molecule has 0 nitrogen and oxygen atoms in total. The number of rotatable bonds is 7. The predicted octanol–water partition coefficient (Wildman–Crippen LogP) is 8.15. The minimum Gasteiger partial charge on any atom is -0.204 e. The van der Waals surface area contributed by atoms with Crippen LogP contribution in [-0.2, 0) is 0 Å². The molecule has 0 N–H and O–H groups in total. The fourth-order valence-corrected chi connectivity index (χ4v) is 9.27. The molecule has 0 bridgehead atoms. The summed E-state index contributed by atoms with van der Waals surface area (Å²) in [5.74, 6) is -12.6. The van der Waals surface area contributed by atoms with Crippen molar-refractivity contribution in [1.82, 2.24) is 0 Å². The first-order chi connectivity index (χ1) is 16.1. The fourth-order valence-electron chi connectivity index (χ4n) is 4.98. The van der Waals surface area contributed by atoms with Crippen molar-refractivity contribution in [3.8, 4) is 0 Å². The SMILES string of the molecule is C[Si](C1=C2C=CC=CC2C=C1)(C1=C2C=CC=CC2C=C1)C(F)(F)C(F)(F)C(F)(F)CCC(F)(F)F. The van der Waals surface area contributed by atoms with Crippen LogP contribution in [0.1, 0.15) is 12.8 Å². The molecule has 0 radical (unpaired) electrons. The molecule has 0 amide bonds. The summed E-state index contributed by atoms with van der Waals surface area (Å²) in [5.41, 5.74) is -4.73. The zero-order valence-corrected chi connectivity index (χ0v) is 19.4. The van der Waals surface area contributed by atoms with E-state index in [1.807, 2.05) is 0 Å². The number of halogens is 9. The lowest BCUT2D eigenvalue weighted by Gasteiger charge is -2.44. The summed E-state index contributed by atoms with van der Waals surface area (Å²) < 4.78 is 129. The van der Waals surface area contributed by atoms with Crippen molar-refractivity contribution in [1.29, 1.82) is 0 Å². The van der Waals surface area contributed by atoms with Gasteiger partial charge in [0.05, 0.1) is 0 Å². The molecule has 4 rings (SSSR count). The molecule has 0 heterocycles. The van der Waals surface area contributed by atoms with Crippen molar-refractivity contribution >= 4 is 8.07 Å². The summed E-state index contributed by atoms with van der Waals surface area (Å²) in [4.78, 5) is 0. The van der Waals surface area contributed by atoms with Gasteiger partial charge in [-0.2, -0.15) is 30.7 Å². The quantitative estimate of drug-likeness (QED) is 0.235. The Morgan fingerprint density at radius 2 is 1.09 bits per heavy atom. The lowest BCUT2D eigenvalue weighted by atomic mass is 9.98. The van der Waals surface area contributed by atoms with E-state index in [2.05, 4.69) is 0 Å². The van der Waals surface area contributed by atoms with Gasteiger partial charge in [-0.05, 0) is 21.5 Å². The number of fused-ring (bicyclic) bond motifs is 2. The summed E-state index contributed by atoms with van der Waals surface area (Å²) in [6.07, 6.45) is 8.35. The normalized spacial score (nSPS) is 25.5. The second-order valence-electron chi connectivity index (χ2n) is 9.09. The highest BCUT2D eigenvalue weighted by Crippen LogP contribution is 2.58. The highest BCUT2D eigenvalue weighted by Gasteiger charge is 2.79. The van der Waals surface area contributed by atoms with E-state index >= 15 is 17.6 Å². The summed E-state index contributed by atoms with van der Waals surface area (Å²) in [6, 6.07) is 0. The third kappa shape index (κ3) is 3.93. The Morgan fingerprint density at radius 1 is 0.629 bits per heavy atom.